The lowest BCUT2D eigenvalue weighted by Crippen LogP contribution is -2.38. The van der Waals surface area contributed by atoms with Gasteiger partial charge < -0.3 is 0 Å². The highest BCUT2D eigenvalue weighted by Gasteiger charge is 2.28. The number of carbonyl (C=O) groups is 1. The van der Waals surface area contributed by atoms with Gasteiger partial charge in [-0.2, -0.15) is 5.10 Å². The molecule has 0 aliphatic heterocycles. The summed E-state index contributed by atoms with van der Waals surface area (Å²) in [6.45, 7) is 5.55. The first-order valence-electron chi connectivity index (χ1n) is 7.90. The van der Waals surface area contributed by atoms with Crippen molar-refractivity contribution in [3.05, 3.63) is 18.0 Å². The highest BCUT2D eigenvalue weighted by molar-refractivity contribution is 7.90. The van der Waals surface area contributed by atoms with Crippen molar-refractivity contribution in [2.75, 3.05) is 0 Å². The summed E-state index contributed by atoms with van der Waals surface area (Å²) < 4.78 is 28.4. The van der Waals surface area contributed by atoms with E-state index < -0.39 is 21.2 Å². The Morgan fingerprint density at radius 3 is 2.59 bits per heavy atom. The lowest BCUT2D eigenvalue weighted by molar-refractivity contribution is 0.0967. The number of carbonyl (C=O) groups excluding carboxylic acids is 1. The average molecular weight is 327 g/mol. The van der Waals surface area contributed by atoms with Gasteiger partial charge in [0.1, 0.15) is 5.69 Å². The van der Waals surface area contributed by atoms with E-state index in [9.17, 15) is 13.2 Å². The molecule has 1 aromatic rings. The van der Waals surface area contributed by atoms with Gasteiger partial charge in [-0.05, 0) is 38.2 Å². The van der Waals surface area contributed by atoms with Crippen molar-refractivity contribution in [2.45, 2.75) is 64.2 Å². The summed E-state index contributed by atoms with van der Waals surface area (Å²) in [5.41, 5.74) is 0.326. The Morgan fingerprint density at radius 1 is 1.36 bits per heavy atom. The van der Waals surface area contributed by atoms with Gasteiger partial charge in [0.2, 0.25) is 10.0 Å². The van der Waals surface area contributed by atoms with E-state index in [1.807, 2.05) is 13.8 Å². The van der Waals surface area contributed by atoms with Crippen LogP contribution in [0.5, 0.6) is 0 Å². The molecule has 1 saturated carbocycles. The quantitative estimate of drug-likeness (QED) is 0.870. The summed E-state index contributed by atoms with van der Waals surface area (Å²) in [5.74, 6) is -0.328. The molecule has 1 N–H and O–H groups in total. The highest BCUT2D eigenvalue weighted by atomic mass is 32.2. The van der Waals surface area contributed by atoms with Crippen LogP contribution < -0.4 is 4.72 Å². The van der Waals surface area contributed by atoms with Crippen LogP contribution in [0, 0.1) is 5.92 Å². The number of nitrogens with zero attached hydrogens (tertiary/aromatic N) is 2. The van der Waals surface area contributed by atoms with Crippen LogP contribution in [0.3, 0.4) is 0 Å². The first-order valence-corrected chi connectivity index (χ1v) is 9.45. The zero-order valence-electron chi connectivity index (χ0n) is 13.4. The number of amides is 1. The largest absolute Gasteiger partial charge is 0.283 e. The summed E-state index contributed by atoms with van der Waals surface area (Å²) in [6.07, 6.45) is 6.28. The van der Waals surface area contributed by atoms with Gasteiger partial charge in [-0.3, -0.25) is 9.48 Å². The average Bonchev–Trinajstić information content (AvgIpc) is 3.08. The molecule has 0 spiro atoms. The third-order valence-corrected chi connectivity index (χ3v) is 5.86. The van der Waals surface area contributed by atoms with Crippen LogP contribution in [0.15, 0.2) is 12.3 Å². The summed E-state index contributed by atoms with van der Waals surface area (Å²) in [7, 11) is -3.66. The normalized spacial score (nSPS) is 17.8. The SMILES string of the molecule is CC(C)CC(C)S(=O)(=O)NC(=O)c1ccnn1C1CCCC1. The fraction of sp³-hybridized carbons (Fsp3) is 0.733. The predicted octanol–water partition coefficient (Wildman–Crippen LogP) is 2.49. The number of nitrogens with one attached hydrogen (secondary N) is 1. The minimum atomic E-state index is -3.66. The van der Waals surface area contributed by atoms with Gasteiger partial charge in [0, 0.05) is 6.20 Å². The van der Waals surface area contributed by atoms with Gasteiger partial charge in [0.15, 0.2) is 0 Å². The second-order valence-electron chi connectivity index (χ2n) is 6.52. The van der Waals surface area contributed by atoms with Gasteiger partial charge in [0.05, 0.1) is 11.3 Å². The molecule has 1 unspecified atom stereocenters. The van der Waals surface area contributed by atoms with E-state index in [0.717, 1.165) is 25.7 Å². The zero-order valence-corrected chi connectivity index (χ0v) is 14.3. The van der Waals surface area contributed by atoms with E-state index in [-0.39, 0.29) is 12.0 Å². The molecule has 1 aromatic heterocycles. The summed E-state index contributed by atoms with van der Waals surface area (Å²) in [4.78, 5) is 12.3. The van der Waals surface area contributed by atoms with Crippen molar-refractivity contribution in [3.8, 4) is 0 Å². The fourth-order valence-corrected chi connectivity index (χ4v) is 4.21. The topological polar surface area (TPSA) is 81.1 Å². The lowest BCUT2D eigenvalue weighted by atomic mass is 10.1. The standard InChI is InChI=1S/C15H25N3O3S/c1-11(2)10-12(3)22(20,21)17-15(19)14-8-9-16-18(14)13-6-4-5-7-13/h8-9,11-13H,4-7,10H2,1-3H3,(H,17,19). The molecule has 1 fully saturated rings. The van der Waals surface area contributed by atoms with E-state index in [0.29, 0.717) is 12.1 Å². The zero-order chi connectivity index (χ0) is 16.3. The molecule has 0 aromatic carbocycles. The van der Waals surface area contributed by atoms with Crippen LogP contribution in [0.4, 0.5) is 0 Å². The van der Waals surface area contributed by atoms with Crippen molar-refractivity contribution in [3.63, 3.8) is 0 Å². The maximum Gasteiger partial charge on any atom is 0.283 e. The molecule has 1 aliphatic carbocycles. The highest BCUT2D eigenvalue weighted by Crippen LogP contribution is 2.29. The van der Waals surface area contributed by atoms with Crippen molar-refractivity contribution >= 4 is 15.9 Å². The van der Waals surface area contributed by atoms with Crippen LogP contribution in [-0.2, 0) is 10.0 Å². The van der Waals surface area contributed by atoms with Crippen LogP contribution in [0.2, 0.25) is 0 Å². The van der Waals surface area contributed by atoms with Crippen molar-refractivity contribution in [1.29, 1.82) is 0 Å². The molecular formula is C15H25N3O3S. The Bertz CT molecular complexity index is 616. The molecular weight excluding hydrogens is 302 g/mol. The molecule has 1 atom stereocenters. The minimum absolute atomic E-state index is 0.201. The van der Waals surface area contributed by atoms with Gasteiger partial charge >= 0.3 is 0 Å². The van der Waals surface area contributed by atoms with Crippen LogP contribution in [-0.4, -0.2) is 29.4 Å². The van der Waals surface area contributed by atoms with Gasteiger partial charge in [-0.25, -0.2) is 13.1 Å². The van der Waals surface area contributed by atoms with Crippen LogP contribution in [0.25, 0.3) is 0 Å². The first kappa shape index (κ1) is 17.0. The fourth-order valence-electron chi connectivity index (χ4n) is 3.01. The Balaban J connectivity index is 2.11. The lowest BCUT2D eigenvalue weighted by Gasteiger charge is -2.17. The maximum absolute atomic E-state index is 12.3. The van der Waals surface area contributed by atoms with Crippen molar-refractivity contribution < 1.29 is 13.2 Å². The first-order chi connectivity index (χ1) is 10.3. The predicted molar refractivity (Wildman–Crippen MR) is 85.0 cm³/mol. The molecule has 1 amide bonds. The van der Waals surface area contributed by atoms with Gasteiger partial charge in [-0.1, -0.05) is 26.7 Å². The summed E-state index contributed by atoms with van der Waals surface area (Å²) in [5, 5.41) is 3.61. The Morgan fingerprint density at radius 2 is 2.00 bits per heavy atom. The van der Waals surface area contributed by atoms with Crippen LogP contribution >= 0.6 is 0 Å². The van der Waals surface area contributed by atoms with E-state index in [2.05, 4.69) is 9.82 Å². The molecule has 1 aliphatic rings. The molecule has 6 nitrogen and oxygen atoms in total. The maximum atomic E-state index is 12.3. The number of aromatic nitrogens is 2. The molecule has 22 heavy (non-hydrogen) atoms. The molecule has 124 valence electrons. The summed E-state index contributed by atoms with van der Waals surface area (Å²) in [6, 6.07) is 1.78. The van der Waals surface area contributed by atoms with Gasteiger partial charge in [0.25, 0.3) is 5.91 Å². The smallest absolute Gasteiger partial charge is 0.266 e. The second kappa shape index (κ2) is 6.81. The monoisotopic (exact) mass is 327 g/mol. The molecule has 0 saturated heterocycles. The summed E-state index contributed by atoms with van der Waals surface area (Å²) >= 11 is 0. The molecule has 7 heteroatoms. The number of hydrogen-bond donors (Lipinski definition) is 1. The Kier molecular flexibility index (Phi) is 5.26. The van der Waals surface area contributed by atoms with Crippen molar-refractivity contribution in [1.82, 2.24) is 14.5 Å². The number of rotatable bonds is 6. The minimum Gasteiger partial charge on any atom is -0.266 e. The number of sulfonamides is 1. The molecule has 2 rings (SSSR count). The molecule has 1 heterocycles. The van der Waals surface area contributed by atoms with E-state index in [1.165, 1.54) is 0 Å². The van der Waals surface area contributed by atoms with Crippen LogP contribution in [0.1, 0.15) is 69.4 Å². The third kappa shape index (κ3) is 3.88. The second-order valence-corrected chi connectivity index (χ2v) is 8.61. The van der Waals surface area contributed by atoms with Crippen molar-refractivity contribution in [2.24, 2.45) is 5.92 Å². The van der Waals surface area contributed by atoms with Gasteiger partial charge in [-0.15, -0.1) is 0 Å². The van der Waals surface area contributed by atoms with E-state index in [1.54, 1.807) is 23.9 Å². The van der Waals surface area contributed by atoms with E-state index >= 15 is 0 Å². The molecule has 0 radical (unpaired) electrons. The molecule has 0 bridgehead atoms. The third-order valence-electron chi connectivity index (χ3n) is 4.14. The Hall–Kier alpha value is -1.37. The Labute approximate surface area is 132 Å². The van der Waals surface area contributed by atoms with E-state index in [4.69, 9.17) is 0 Å². The number of hydrogen-bond acceptors (Lipinski definition) is 4.